The minimum absolute atomic E-state index is 0.342. The number of ether oxygens (including phenoxy) is 1. The van der Waals surface area contributed by atoms with Crippen molar-refractivity contribution < 1.29 is 19.1 Å². The molecule has 0 radical (unpaired) electrons. The molecule has 1 fully saturated rings. The number of thiophene rings is 1. The predicted molar refractivity (Wildman–Crippen MR) is 108 cm³/mol. The van der Waals surface area contributed by atoms with Gasteiger partial charge in [-0.15, -0.1) is 11.3 Å². The van der Waals surface area contributed by atoms with E-state index in [1.165, 1.54) is 18.4 Å². The van der Waals surface area contributed by atoms with Crippen LogP contribution in [-0.4, -0.2) is 61.6 Å². The molecule has 0 saturated carbocycles. The Bertz CT molecular complexity index is 863. The standard InChI is InChI=1S/C21H24N2O4S/c1-22(2)10-6-11-23-18(16-9-5-12-28-16)17(20(25)21(23)26)19(24)14-7-4-8-15(13-14)27-3/h4-5,7-9,12-13,17-18H,6,10-11H2,1-3H3. The normalized spacial score (nSPS) is 19.5. The molecule has 6 nitrogen and oxygen atoms in total. The number of rotatable bonds is 8. The number of methoxy groups -OCH3 is 1. The van der Waals surface area contributed by atoms with Gasteiger partial charge in [-0.3, -0.25) is 14.4 Å². The minimum Gasteiger partial charge on any atom is -0.497 e. The Labute approximate surface area is 168 Å². The number of carbonyl (C=O) groups excluding carboxylic acids is 3. The van der Waals surface area contributed by atoms with E-state index in [0.717, 1.165) is 17.8 Å². The Kier molecular flexibility index (Phi) is 6.26. The van der Waals surface area contributed by atoms with Crippen LogP contribution in [0.5, 0.6) is 5.75 Å². The highest BCUT2D eigenvalue weighted by molar-refractivity contribution is 7.10. The summed E-state index contributed by atoms with van der Waals surface area (Å²) >= 11 is 1.46. The molecule has 0 N–H and O–H groups in total. The molecule has 2 unspecified atom stereocenters. The highest BCUT2D eigenvalue weighted by atomic mass is 32.1. The number of benzene rings is 1. The van der Waals surface area contributed by atoms with Crippen LogP contribution in [0.3, 0.4) is 0 Å². The highest BCUT2D eigenvalue weighted by Crippen LogP contribution is 2.40. The fraction of sp³-hybridized carbons (Fsp3) is 0.381. The van der Waals surface area contributed by atoms with Gasteiger partial charge in [0, 0.05) is 17.0 Å². The molecule has 0 bridgehead atoms. The summed E-state index contributed by atoms with van der Waals surface area (Å²) < 4.78 is 5.19. The summed E-state index contributed by atoms with van der Waals surface area (Å²) in [5, 5.41) is 1.90. The molecule has 2 atom stereocenters. The molecule has 2 heterocycles. The third-order valence-electron chi connectivity index (χ3n) is 4.88. The van der Waals surface area contributed by atoms with Crippen LogP contribution in [0, 0.1) is 5.92 Å². The van der Waals surface area contributed by atoms with Crippen LogP contribution in [0.15, 0.2) is 41.8 Å². The van der Waals surface area contributed by atoms with Crippen molar-refractivity contribution in [2.45, 2.75) is 12.5 Å². The SMILES string of the molecule is COc1cccc(C(=O)C2C(=O)C(=O)N(CCCN(C)C)C2c2cccs2)c1. The molecule has 148 valence electrons. The summed E-state index contributed by atoms with van der Waals surface area (Å²) in [6.07, 6.45) is 0.730. The maximum atomic E-state index is 13.2. The molecule has 7 heteroatoms. The van der Waals surface area contributed by atoms with E-state index < -0.39 is 23.7 Å². The fourth-order valence-corrected chi connectivity index (χ4v) is 4.39. The highest BCUT2D eigenvalue weighted by Gasteiger charge is 2.51. The van der Waals surface area contributed by atoms with Gasteiger partial charge in [-0.25, -0.2) is 0 Å². The van der Waals surface area contributed by atoms with Gasteiger partial charge in [0.1, 0.15) is 11.7 Å². The van der Waals surface area contributed by atoms with Crippen LogP contribution in [-0.2, 0) is 9.59 Å². The lowest BCUT2D eigenvalue weighted by Crippen LogP contribution is -2.32. The maximum Gasteiger partial charge on any atom is 0.291 e. The lowest BCUT2D eigenvalue weighted by Gasteiger charge is -2.26. The first-order valence-electron chi connectivity index (χ1n) is 9.15. The third-order valence-corrected chi connectivity index (χ3v) is 5.82. The van der Waals surface area contributed by atoms with E-state index in [-0.39, 0.29) is 5.78 Å². The van der Waals surface area contributed by atoms with Crippen LogP contribution in [0.25, 0.3) is 0 Å². The van der Waals surface area contributed by atoms with Gasteiger partial charge in [0.15, 0.2) is 5.78 Å². The van der Waals surface area contributed by atoms with Crippen molar-refractivity contribution in [2.75, 3.05) is 34.3 Å². The molecule has 1 aliphatic rings. The van der Waals surface area contributed by atoms with Crippen LogP contribution in [0.1, 0.15) is 27.7 Å². The molecule has 28 heavy (non-hydrogen) atoms. The summed E-state index contributed by atoms with van der Waals surface area (Å²) in [5.74, 6) is -2.03. The molecule has 1 aromatic carbocycles. The van der Waals surface area contributed by atoms with Gasteiger partial charge in [-0.05, 0) is 50.6 Å². The number of carbonyl (C=O) groups is 3. The third kappa shape index (κ3) is 4.00. The molecule has 2 aromatic rings. The predicted octanol–water partition coefficient (Wildman–Crippen LogP) is 2.66. The monoisotopic (exact) mass is 400 g/mol. The number of hydrogen-bond donors (Lipinski definition) is 0. The van der Waals surface area contributed by atoms with Gasteiger partial charge in [0.05, 0.1) is 13.2 Å². The van der Waals surface area contributed by atoms with E-state index >= 15 is 0 Å². The van der Waals surface area contributed by atoms with Gasteiger partial charge >= 0.3 is 0 Å². The van der Waals surface area contributed by atoms with Crippen LogP contribution >= 0.6 is 11.3 Å². The van der Waals surface area contributed by atoms with Crippen molar-refractivity contribution in [3.05, 3.63) is 52.2 Å². The first kappa shape index (κ1) is 20.2. The van der Waals surface area contributed by atoms with Gasteiger partial charge in [0.25, 0.3) is 5.91 Å². The average Bonchev–Trinajstić information content (AvgIpc) is 3.29. The van der Waals surface area contributed by atoms with E-state index in [4.69, 9.17) is 4.74 Å². The summed E-state index contributed by atoms with van der Waals surface area (Å²) in [7, 11) is 5.44. The molecule has 1 amide bonds. The van der Waals surface area contributed by atoms with Crippen molar-refractivity contribution in [1.29, 1.82) is 0 Å². The average molecular weight is 401 g/mol. The molecular weight excluding hydrogens is 376 g/mol. The zero-order valence-electron chi connectivity index (χ0n) is 16.3. The Morgan fingerprint density at radius 2 is 2.00 bits per heavy atom. The Hall–Kier alpha value is -2.51. The van der Waals surface area contributed by atoms with Crippen molar-refractivity contribution in [3.63, 3.8) is 0 Å². The van der Waals surface area contributed by atoms with Crippen LogP contribution in [0.2, 0.25) is 0 Å². The molecule has 0 spiro atoms. The Morgan fingerprint density at radius 1 is 1.21 bits per heavy atom. The number of hydrogen-bond acceptors (Lipinski definition) is 6. The van der Waals surface area contributed by atoms with Crippen molar-refractivity contribution >= 4 is 28.8 Å². The molecule has 0 aliphatic carbocycles. The number of amides is 1. The first-order chi connectivity index (χ1) is 13.4. The zero-order chi connectivity index (χ0) is 20.3. The molecular formula is C21H24N2O4S. The van der Waals surface area contributed by atoms with E-state index in [1.807, 2.05) is 36.5 Å². The van der Waals surface area contributed by atoms with Crippen molar-refractivity contribution in [3.8, 4) is 5.75 Å². The maximum absolute atomic E-state index is 13.2. The minimum atomic E-state index is -1.03. The second-order valence-corrected chi connectivity index (χ2v) is 8.03. The molecule has 1 aliphatic heterocycles. The zero-order valence-corrected chi connectivity index (χ0v) is 17.1. The van der Waals surface area contributed by atoms with Gasteiger partial charge in [-0.2, -0.15) is 0 Å². The summed E-state index contributed by atoms with van der Waals surface area (Å²) in [4.78, 5) is 43.3. The summed E-state index contributed by atoms with van der Waals surface area (Å²) in [6, 6.07) is 9.92. The second-order valence-electron chi connectivity index (χ2n) is 7.05. The van der Waals surface area contributed by atoms with Gasteiger partial charge in [-0.1, -0.05) is 18.2 Å². The van der Waals surface area contributed by atoms with Gasteiger partial charge < -0.3 is 14.5 Å². The quantitative estimate of drug-likeness (QED) is 0.387. The number of nitrogens with zero attached hydrogens (tertiary/aromatic N) is 2. The number of Topliss-reactive ketones (excluding diaryl/α,β-unsaturated/α-hetero) is 2. The van der Waals surface area contributed by atoms with Gasteiger partial charge in [0.2, 0.25) is 5.78 Å². The van der Waals surface area contributed by atoms with E-state index in [0.29, 0.717) is 17.9 Å². The van der Waals surface area contributed by atoms with Crippen LogP contribution < -0.4 is 4.74 Å². The smallest absolute Gasteiger partial charge is 0.291 e. The topological polar surface area (TPSA) is 66.9 Å². The first-order valence-corrected chi connectivity index (χ1v) is 10.0. The van der Waals surface area contributed by atoms with E-state index in [9.17, 15) is 14.4 Å². The summed E-state index contributed by atoms with van der Waals surface area (Å²) in [5.41, 5.74) is 0.377. The van der Waals surface area contributed by atoms with E-state index in [2.05, 4.69) is 0 Å². The van der Waals surface area contributed by atoms with Crippen molar-refractivity contribution in [1.82, 2.24) is 9.80 Å². The Balaban J connectivity index is 1.94. The largest absolute Gasteiger partial charge is 0.497 e. The van der Waals surface area contributed by atoms with Crippen molar-refractivity contribution in [2.24, 2.45) is 5.92 Å². The van der Waals surface area contributed by atoms with Crippen LogP contribution in [0.4, 0.5) is 0 Å². The second kappa shape index (κ2) is 8.67. The Morgan fingerprint density at radius 3 is 2.64 bits per heavy atom. The van der Waals surface area contributed by atoms with E-state index in [1.54, 1.807) is 29.2 Å². The molecule has 1 saturated heterocycles. The molecule has 3 rings (SSSR count). The fourth-order valence-electron chi connectivity index (χ4n) is 3.52. The molecule has 1 aromatic heterocycles. The lowest BCUT2D eigenvalue weighted by molar-refractivity contribution is -0.140. The lowest BCUT2D eigenvalue weighted by atomic mass is 9.89. The number of likely N-dealkylation sites (tertiary alicyclic amines) is 1. The summed E-state index contributed by atoms with van der Waals surface area (Å²) in [6.45, 7) is 1.23. The number of ketones is 2.